The van der Waals surface area contributed by atoms with Gasteiger partial charge in [-0.25, -0.2) is 4.79 Å². The first-order valence-electron chi connectivity index (χ1n) is 7.55. The Balaban J connectivity index is 1.90. The van der Waals surface area contributed by atoms with Crippen LogP contribution in [0.2, 0.25) is 0 Å². The molecule has 0 bridgehead atoms. The Morgan fingerprint density at radius 2 is 1.81 bits per heavy atom. The molecule has 0 spiro atoms. The van der Waals surface area contributed by atoms with E-state index in [2.05, 4.69) is 10.1 Å². The normalized spacial score (nSPS) is 10.3. The maximum atomic E-state index is 12.1. The highest BCUT2D eigenvalue weighted by molar-refractivity contribution is 5.96. The number of hydrogen-bond donors (Lipinski definition) is 1. The molecule has 0 atom stereocenters. The van der Waals surface area contributed by atoms with Crippen molar-refractivity contribution in [2.45, 2.75) is 13.5 Å². The zero-order valence-corrected chi connectivity index (χ0v) is 14.1. The SMILES string of the molecule is COc1ccc(C)cc1NC(=O)COC(=O)c1ccc(OC(F)F)cc1. The third-order valence-electron chi connectivity index (χ3n) is 3.28. The molecule has 138 valence electrons. The number of nitrogens with one attached hydrogen (secondary N) is 1. The number of carbonyl (C=O) groups excluding carboxylic acids is 2. The second-order valence-corrected chi connectivity index (χ2v) is 5.23. The van der Waals surface area contributed by atoms with Gasteiger partial charge in [-0.1, -0.05) is 6.07 Å². The molecule has 2 aromatic rings. The first-order valence-corrected chi connectivity index (χ1v) is 7.55. The lowest BCUT2D eigenvalue weighted by atomic mass is 10.2. The Morgan fingerprint density at radius 1 is 1.12 bits per heavy atom. The zero-order valence-electron chi connectivity index (χ0n) is 14.1. The number of rotatable bonds is 7. The molecule has 8 heteroatoms. The van der Waals surface area contributed by atoms with Crippen molar-refractivity contribution < 1.29 is 32.6 Å². The largest absolute Gasteiger partial charge is 0.495 e. The van der Waals surface area contributed by atoms with Gasteiger partial charge in [0.1, 0.15) is 11.5 Å². The minimum atomic E-state index is -2.95. The van der Waals surface area contributed by atoms with Gasteiger partial charge in [-0.15, -0.1) is 0 Å². The van der Waals surface area contributed by atoms with Gasteiger partial charge in [-0.05, 0) is 48.9 Å². The molecule has 2 aromatic carbocycles. The Labute approximate surface area is 148 Å². The number of halogens is 2. The summed E-state index contributed by atoms with van der Waals surface area (Å²) in [5.41, 5.74) is 1.49. The van der Waals surface area contributed by atoms with E-state index < -0.39 is 25.1 Å². The smallest absolute Gasteiger partial charge is 0.387 e. The molecule has 0 heterocycles. The first-order chi connectivity index (χ1) is 12.4. The van der Waals surface area contributed by atoms with Crippen LogP contribution in [0.15, 0.2) is 42.5 Å². The summed E-state index contributed by atoms with van der Waals surface area (Å²) in [6.45, 7) is -1.60. The molecule has 2 rings (SSSR count). The van der Waals surface area contributed by atoms with E-state index in [4.69, 9.17) is 9.47 Å². The molecule has 1 N–H and O–H groups in total. The van der Waals surface area contributed by atoms with Gasteiger partial charge in [0.2, 0.25) is 0 Å². The molecule has 0 radical (unpaired) electrons. The summed E-state index contributed by atoms with van der Waals surface area (Å²) < 4.78 is 38.4. The highest BCUT2D eigenvalue weighted by Gasteiger charge is 2.13. The lowest BCUT2D eigenvalue weighted by Crippen LogP contribution is -2.21. The van der Waals surface area contributed by atoms with E-state index in [9.17, 15) is 18.4 Å². The van der Waals surface area contributed by atoms with Crippen molar-refractivity contribution in [3.63, 3.8) is 0 Å². The highest BCUT2D eigenvalue weighted by Crippen LogP contribution is 2.25. The van der Waals surface area contributed by atoms with Crippen LogP contribution in [0.25, 0.3) is 0 Å². The van der Waals surface area contributed by atoms with Crippen LogP contribution in [0, 0.1) is 6.92 Å². The summed E-state index contributed by atoms with van der Waals surface area (Å²) in [7, 11) is 1.47. The Hall–Kier alpha value is -3.16. The molecule has 0 fully saturated rings. The number of ether oxygens (including phenoxy) is 3. The van der Waals surface area contributed by atoms with Crippen LogP contribution in [0.5, 0.6) is 11.5 Å². The minimum Gasteiger partial charge on any atom is -0.495 e. The quantitative estimate of drug-likeness (QED) is 0.762. The number of carbonyl (C=O) groups is 2. The fourth-order valence-corrected chi connectivity index (χ4v) is 2.09. The second kappa shape index (κ2) is 8.80. The van der Waals surface area contributed by atoms with Gasteiger partial charge in [0, 0.05) is 0 Å². The predicted octanol–water partition coefficient (Wildman–Crippen LogP) is 3.40. The maximum Gasteiger partial charge on any atom is 0.387 e. The van der Waals surface area contributed by atoms with Crippen LogP contribution in [0.3, 0.4) is 0 Å². The van der Waals surface area contributed by atoms with Gasteiger partial charge in [-0.3, -0.25) is 4.79 Å². The van der Waals surface area contributed by atoms with Crippen LogP contribution in [-0.4, -0.2) is 32.2 Å². The second-order valence-electron chi connectivity index (χ2n) is 5.23. The highest BCUT2D eigenvalue weighted by atomic mass is 19.3. The van der Waals surface area contributed by atoms with Crippen molar-refractivity contribution in [2.24, 2.45) is 0 Å². The van der Waals surface area contributed by atoms with Gasteiger partial charge in [-0.2, -0.15) is 8.78 Å². The summed E-state index contributed by atoms with van der Waals surface area (Å²) in [4.78, 5) is 23.9. The number of aryl methyl sites for hydroxylation is 1. The zero-order chi connectivity index (χ0) is 19.1. The monoisotopic (exact) mass is 365 g/mol. The van der Waals surface area contributed by atoms with Crippen molar-refractivity contribution in [2.75, 3.05) is 19.0 Å². The van der Waals surface area contributed by atoms with E-state index in [1.54, 1.807) is 12.1 Å². The molecule has 0 aliphatic carbocycles. The Bertz CT molecular complexity index is 778. The van der Waals surface area contributed by atoms with Gasteiger partial charge < -0.3 is 19.5 Å². The minimum absolute atomic E-state index is 0.0826. The van der Waals surface area contributed by atoms with Crippen molar-refractivity contribution in [1.29, 1.82) is 0 Å². The molecule has 0 unspecified atom stereocenters. The van der Waals surface area contributed by atoms with Crippen molar-refractivity contribution in [1.82, 2.24) is 0 Å². The Morgan fingerprint density at radius 3 is 2.42 bits per heavy atom. The molecule has 6 nitrogen and oxygen atoms in total. The number of alkyl halides is 2. The van der Waals surface area contributed by atoms with E-state index in [0.717, 1.165) is 5.56 Å². The molecule has 1 amide bonds. The van der Waals surface area contributed by atoms with Gasteiger partial charge >= 0.3 is 12.6 Å². The summed E-state index contributed by atoms with van der Waals surface area (Å²) in [6.07, 6.45) is 0. The van der Waals surface area contributed by atoms with E-state index in [0.29, 0.717) is 11.4 Å². The average molecular weight is 365 g/mol. The van der Waals surface area contributed by atoms with Crippen LogP contribution in [0.1, 0.15) is 15.9 Å². The number of esters is 1. The van der Waals surface area contributed by atoms with Crippen LogP contribution in [0.4, 0.5) is 14.5 Å². The summed E-state index contributed by atoms with van der Waals surface area (Å²) >= 11 is 0. The summed E-state index contributed by atoms with van der Waals surface area (Å²) in [6, 6.07) is 10.2. The third-order valence-corrected chi connectivity index (χ3v) is 3.28. The number of benzene rings is 2. The summed E-state index contributed by atoms with van der Waals surface area (Å²) in [5.74, 6) is -0.911. The number of amides is 1. The fourth-order valence-electron chi connectivity index (χ4n) is 2.09. The van der Waals surface area contributed by atoms with Crippen LogP contribution >= 0.6 is 0 Å². The number of methoxy groups -OCH3 is 1. The molecule has 0 aromatic heterocycles. The predicted molar refractivity (Wildman–Crippen MR) is 89.7 cm³/mol. The molecule has 0 saturated carbocycles. The first kappa shape index (κ1) is 19.2. The maximum absolute atomic E-state index is 12.1. The lowest BCUT2D eigenvalue weighted by Gasteiger charge is -2.11. The lowest BCUT2D eigenvalue weighted by molar-refractivity contribution is -0.119. The van der Waals surface area contributed by atoms with E-state index in [1.165, 1.54) is 31.4 Å². The summed E-state index contributed by atoms with van der Waals surface area (Å²) in [5, 5.41) is 2.60. The van der Waals surface area contributed by atoms with Gasteiger partial charge in [0.25, 0.3) is 5.91 Å². The molecular formula is C18H17F2NO5. The molecule has 0 aliphatic rings. The molecule has 26 heavy (non-hydrogen) atoms. The Kier molecular flexibility index (Phi) is 6.48. The average Bonchev–Trinajstić information content (AvgIpc) is 2.60. The number of hydrogen-bond acceptors (Lipinski definition) is 5. The standard InChI is InChI=1S/C18H17F2NO5/c1-11-3-8-15(24-2)14(9-11)21-16(22)10-25-17(23)12-4-6-13(7-5-12)26-18(19)20/h3-9,18H,10H2,1-2H3,(H,21,22). The van der Waals surface area contributed by atoms with Crippen molar-refractivity contribution >= 4 is 17.6 Å². The number of anilines is 1. The van der Waals surface area contributed by atoms with Crippen molar-refractivity contribution in [3.05, 3.63) is 53.6 Å². The molecule has 0 saturated heterocycles. The van der Waals surface area contributed by atoms with E-state index >= 15 is 0 Å². The molecule has 0 aliphatic heterocycles. The van der Waals surface area contributed by atoms with E-state index in [-0.39, 0.29) is 11.3 Å². The van der Waals surface area contributed by atoms with Crippen LogP contribution in [-0.2, 0) is 9.53 Å². The fraction of sp³-hybridized carbons (Fsp3) is 0.222. The van der Waals surface area contributed by atoms with Crippen molar-refractivity contribution in [3.8, 4) is 11.5 Å². The van der Waals surface area contributed by atoms with Crippen LogP contribution < -0.4 is 14.8 Å². The van der Waals surface area contributed by atoms with Gasteiger partial charge in [0.05, 0.1) is 18.4 Å². The third kappa shape index (κ3) is 5.44. The topological polar surface area (TPSA) is 73.9 Å². The van der Waals surface area contributed by atoms with E-state index in [1.807, 2.05) is 13.0 Å². The van der Waals surface area contributed by atoms with Gasteiger partial charge in [0.15, 0.2) is 6.61 Å². The molecular weight excluding hydrogens is 348 g/mol.